The molecule has 1 heterocycles. The molecule has 0 saturated heterocycles. The highest BCUT2D eigenvalue weighted by molar-refractivity contribution is 7.07. The van der Waals surface area contributed by atoms with Crippen LogP contribution in [0.1, 0.15) is 26.0 Å². The Bertz CT molecular complexity index is 284. The van der Waals surface area contributed by atoms with Gasteiger partial charge in [0.25, 0.3) is 0 Å². The lowest BCUT2D eigenvalue weighted by atomic mass is 10.1. The van der Waals surface area contributed by atoms with Gasteiger partial charge in [-0.1, -0.05) is 0 Å². The van der Waals surface area contributed by atoms with Crippen LogP contribution in [0.15, 0.2) is 10.9 Å². The number of hydrogen-bond acceptors (Lipinski definition) is 4. The molecule has 0 fully saturated rings. The maximum atomic E-state index is 10.9. The fourth-order valence-electron chi connectivity index (χ4n) is 1.30. The van der Waals surface area contributed by atoms with Gasteiger partial charge in [0.15, 0.2) is 0 Å². The van der Waals surface area contributed by atoms with Crippen LogP contribution in [-0.4, -0.2) is 28.8 Å². The zero-order chi connectivity index (χ0) is 10.6. The highest BCUT2D eigenvalue weighted by Gasteiger charge is 2.12. The molecule has 0 saturated carbocycles. The van der Waals surface area contributed by atoms with E-state index in [1.807, 2.05) is 17.9 Å². The van der Waals surface area contributed by atoms with Crippen molar-refractivity contribution in [3.8, 4) is 0 Å². The molecule has 0 aromatic carbocycles. The molecule has 1 unspecified atom stereocenters. The zero-order valence-electron chi connectivity index (χ0n) is 8.86. The van der Waals surface area contributed by atoms with Gasteiger partial charge in [0.1, 0.15) is 5.78 Å². The van der Waals surface area contributed by atoms with Crippen LogP contribution in [0.3, 0.4) is 0 Å². The summed E-state index contributed by atoms with van der Waals surface area (Å²) in [6, 6.07) is 0.286. The summed E-state index contributed by atoms with van der Waals surface area (Å²) in [4.78, 5) is 17.3. The van der Waals surface area contributed by atoms with Crippen LogP contribution in [-0.2, 0) is 11.3 Å². The van der Waals surface area contributed by atoms with E-state index in [2.05, 4.69) is 16.8 Å². The number of rotatable bonds is 5. The van der Waals surface area contributed by atoms with E-state index in [4.69, 9.17) is 0 Å². The fraction of sp³-hybridized carbons (Fsp3) is 0.600. The van der Waals surface area contributed by atoms with Crippen molar-refractivity contribution in [2.24, 2.45) is 0 Å². The molecule has 1 rings (SSSR count). The van der Waals surface area contributed by atoms with Gasteiger partial charge in [0.2, 0.25) is 0 Å². The zero-order valence-corrected chi connectivity index (χ0v) is 9.67. The molecule has 0 N–H and O–H groups in total. The van der Waals surface area contributed by atoms with Crippen LogP contribution < -0.4 is 0 Å². The molecule has 0 bridgehead atoms. The van der Waals surface area contributed by atoms with E-state index in [1.165, 1.54) is 0 Å². The highest BCUT2D eigenvalue weighted by Crippen LogP contribution is 2.08. The second-order valence-corrected chi connectivity index (χ2v) is 4.37. The van der Waals surface area contributed by atoms with Crippen LogP contribution >= 0.6 is 11.3 Å². The van der Waals surface area contributed by atoms with Crippen LogP contribution in [0.5, 0.6) is 0 Å². The number of carbonyl (C=O) groups is 1. The highest BCUT2D eigenvalue weighted by atomic mass is 32.1. The van der Waals surface area contributed by atoms with E-state index in [9.17, 15) is 4.79 Å². The standard InChI is InChI=1S/C10H16N2OS/c1-8(4-9(2)13)12(3)5-10-6-14-7-11-10/h6-8H,4-5H2,1-3H3. The Morgan fingerprint density at radius 3 is 2.93 bits per heavy atom. The Balaban J connectivity index is 2.41. The Hall–Kier alpha value is -0.740. The molecule has 3 nitrogen and oxygen atoms in total. The fourth-order valence-corrected chi connectivity index (χ4v) is 1.85. The lowest BCUT2D eigenvalue weighted by Gasteiger charge is -2.22. The molecule has 0 aliphatic heterocycles. The van der Waals surface area contributed by atoms with Crippen molar-refractivity contribution < 1.29 is 4.79 Å². The third kappa shape index (κ3) is 3.55. The number of hydrogen-bond donors (Lipinski definition) is 0. The van der Waals surface area contributed by atoms with Gasteiger partial charge in [0.05, 0.1) is 11.2 Å². The Morgan fingerprint density at radius 2 is 2.43 bits per heavy atom. The molecule has 1 aromatic heterocycles. The molecule has 1 aromatic rings. The largest absolute Gasteiger partial charge is 0.300 e. The molecule has 1 atom stereocenters. The number of thiazole rings is 1. The maximum absolute atomic E-state index is 10.9. The Kier molecular flexibility index (Phi) is 4.22. The summed E-state index contributed by atoms with van der Waals surface area (Å²) in [5.74, 6) is 0.239. The minimum Gasteiger partial charge on any atom is -0.300 e. The monoisotopic (exact) mass is 212 g/mol. The summed E-state index contributed by atoms with van der Waals surface area (Å²) in [5, 5.41) is 2.04. The predicted octanol–water partition coefficient (Wildman–Crippen LogP) is 1.94. The topological polar surface area (TPSA) is 33.2 Å². The van der Waals surface area contributed by atoms with E-state index in [-0.39, 0.29) is 11.8 Å². The van der Waals surface area contributed by atoms with Crippen LogP contribution in [0, 0.1) is 0 Å². The second-order valence-electron chi connectivity index (χ2n) is 3.65. The summed E-state index contributed by atoms with van der Waals surface area (Å²) >= 11 is 1.60. The first-order chi connectivity index (χ1) is 6.59. The van der Waals surface area contributed by atoms with Gasteiger partial charge in [-0.25, -0.2) is 4.98 Å². The smallest absolute Gasteiger partial charge is 0.131 e. The van der Waals surface area contributed by atoms with Crippen LogP contribution in [0.25, 0.3) is 0 Å². The van der Waals surface area contributed by atoms with Crippen molar-refractivity contribution in [3.63, 3.8) is 0 Å². The lowest BCUT2D eigenvalue weighted by molar-refractivity contribution is -0.118. The minimum atomic E-state index is 0.239. The number of carbonyl (C=O) groups excluding carboxylic acids is 1. The van der Waals surface area contributed by atoms with Crippen LogP contribution in [0.2, 0.25) is 0 Å². The lowest BCUT2D eigenvalue weighted by Crippen LogP contribution is -2.30. The first-order valence-corrected chi connectivity index (χ1v) is 5.60. The molecule has 4 heteroatoms. The van der Waals surface area contributed by atoms with Crippen molar-refractivity contribution in [2.75, 3.05) is 7.05 Å². The van der Waals surface area contributed by atoms with E-state index < -0.39 is 0 Å². The first kappa shape index (κ1) is 11.3. The number of aromatic nitrogens is 1. The summed E-state index contributed by atoms with van der Waals surface area (Å²) < 4.78 is 0. The summed E-state index contributed by atoms with van der Waals surface area (Å²) in [6.45, 7) is 4.51. The van der Waals surface area contributed by atoms with E-state index in [1.54, 1.807) is 18.3 Å². The summed E-state index contributed by atoms with van der Waals surface area (Å²) in [6.07, 6.45) is 0.612. The van der Waals surface area contributed by atoms with Gasteiger partial charge in [-0.2, -0.15) is 0 Å². The normalized spacial score (nSPS) is 13.1. The average molecular weight is 212 g/mol. The number of nitrogens with zero attached hydrogens (tertiary/aromatic N) is 2. The molecular formula is C10H16N2OS. The Morgan fingerprint density at radius 1 is 1.71 bits per heavy atom. The summed E-state index contributed by atoms with van der Waals surface area (Å²) in [7, 11) is 2.02. The molecule has 78 valence electrons. The van der Waals surface area contributed by atoms with Crippen molar-refractivity contribution in [2.45, 2.75) is 32.9 Å². The molecule has 0 aliphatic carbocycles. The van der Waals surface area contributed by atoms with Crippen molar-refractivity contribution in [1.29, 1.82) is 0 Å². The first-order valence-electron chi connectivity index (χ1n) is 4.66. The number of ketones is 1. The van der Waals surface area contributed by atoms with E-state index >= 15 is 0 Å². The molecule has 14 heavy (non-hydrogen) atoms. The predicted molar refractivity (Wildman–Crippen MR) is 58.3 cm³/mol. The third-order valence-corrected chi connectivity index (χ3v) is 2.87. The van der Waals surface area contributed by atoms with Crippen molar-refractivity contribution in [3.05, 3.63) is 16.6 Å². The van der Waals surface area contributed by atoms with E-state index in [0.717, 1.165) is 12.2 Å². The second kappa shape index (κ2) is 5.22. The van der Waals surface area contributed by atoms with Crippen LogP contribution in [0.4, 0.5) is 0 Å². The molecule has 0 amide bonds. The van der Waals surface area contributed by atoms with Crippen molar-refractivity contribution >= 4 is 17.1 Å². The molecule has 0 spiro atoms. The maximum Gasteiger partial charge on any atom is 0.131 e. The SMILES string of the molecule is CC(=O)CC(C)N(C)Cc1cscn1. The summed E-state index contributed by atoms with van der Waals surface area (Å²) in [5.41, 5.74) is 2.91. The van der Waals surface area contributed by atoms with E-state index in [0.29, 0.717) is 6.42 Å². The molecule has 0 aliphatic rings. The van der Waals surface area contributed by atoms with Gasteiger partial charge in [0, 0.05) is 24.4 Å². The quantitative estimate of drug-likeness (QED) is 0.748. The average Bonchev–Trinajstić information content (AvgIpc) is 2.55. The Labute approximate surface area is 88.8 Å². The van der Waals surface area contributed by atoms with Gasteiger partial charge in [-0.3, -0.25) is 9.69 Å². The third-order valence-electron chi connectivity index (χ3n) is 2.23. The molecule has 0 radical (unpaired) electrons. The van der Waals surface area contributed by atoms with Gasteiger partial charge in [-0.15, -0.1) is 11.3 Å². The minimum absolute atomic E-state index is 0.239. The molecular weight excluding hydrogens is 196 g/mol. The van der Waals surface area contributed by atoms with Gasteiger partial charge in [-0.05, 0) is 20.9 Å². The van der Waals surface area contributed by atoms with Crippen molar-refractivity contribution in [1.82, 2.24) is 9.88 Å². The van der Waals surface area contributed by atoms with Gasteiger partial charge < -0.3 is 0 Å². The number of Topliss-reactive ketones (excluding diaryl/α,β-unsaturated/α-hetero) is 1. The van der Waals surface area contributed by atoms with Gasteiger partial charge >= 0.3 is 0 Å².